The highest BCUT2D eigenvalue weighted by molar-refractivity contribution is 7.95. The molecule has 4 rings (SSSR count). The van der Waals surface area contributed by atoms with Gasteiger partial charge in [0, 0.05) is 11.6 Å². The Morgan fingerprint density at radius 3 is 0.925 bits per heavy atom. The maximum atomic E-state index is 13.5. The zero-order valence-corrected chi connectivity index (χ0v) is 65.2. The molecule has 0 saturated carbocycles. The van der Waals surface area contributed by atoms with Gasteiger partial charge < -0.3 is 71.3 Å². The highest BCUT2D eigenvalue weighted by atomic mass is 32.3. The van der Waals surface area contributed by atoms with Crippen LogP contribution < -0.4 is 20.4 Å². The zero-order chi connectivity index (χ0) is 80.4. The molecule has 1 aliphatic heterocycles. The summed E-state index contributed by atoms with van der Waals surface area (Å²) >= 11 is 0.453. The first kappa shape index (κ1) is 89.2. The molecule has 0 saturated heterocycles. The molecule has 2 aromatic carbocycles. The number of thiophene rings is 1. The summed E-state index contributed by atoms with van der Waals surface area (Å²) in [5.74, 6) is -18.0. The molecule has 16 atom stereocenters. The van der Waals surface area contributed by atoms with Crippen LogP contribution in [0.1, 0.15) is 150 Å². The fourth-order valence-corrected chi connectivity index (χ4v) is 19.3. The minimum atomic E-state index is -4.69. The van der Waals surface area contributed by atoms with Crippen LogP contribution in [-0.2, 0) is 153 Å². The summed E-state index contributed by atoms with van der Waals surface area (Å²) in [4.78, 5) is 181. The molecule has 34 nitrogen and oxygen atoms in total. The third-order valence-electron chi connectivity index (χ3n) is 15.6. The van der Waals surface area contributed by atoms with Crippen molar-refractivity contribution in [1.82, 2.24) is 10.0 Å². The van der Waals surface area contributed by atoms with Gasteiger partial charge in [0.05, 0.1) is 5.25 Å². The summed E-state index contributed by atoms with van der Waals surface area (Å²) in [7, 11) is -11.8. The Bertz CT molecular complexity index is 3910. The minimum absolute atomic E-state index is 0.170. The molecule has 3 aromatic rings. The quantitative estimate of drug-likeness (QED) is 0.0485. The van der Waals surface area contributed by atoms with Crippen molar-refractivity contribution in [3.63, 3.8) is 0 Å². The SMILES string of the molecule is CCN[C@H]1C[C@H](C)S(=O)(=O)c2sc(S(=O)(=O)NC(=O)[C@H](C)OC(=O)[C@H](C)OC(=O)[C@H](C)OC(=O)[C@H](C)OC(=O)[C@H](C)OC(=O)[C@H](C)OC(=O)[C@H](C)OC(=O)[C@H](C)OC(=O)[C@H](C)OC(=O)[C@H](C)OC(=O)[C@H](C)OC(=O)[C@H](C)OC(=O)[C@H](C)OC(=O)[C@H](C)O[Si](c3ccccc3)(c3ccccc3)C(C)(C)C)cc21. The first-order valence-electron chi connectivity index (χ1n) is 33.2. The van der Waals surface area contributed by atoms with E-state index in [1.165, 1.54) is 20.8 Å². The van der Waals surface area contributed by atoms with E-state index in [-0.39, 0.29) is 16.2 Å². The molecule has 0 spiro atoms. The van der Waals surface area contributed by atoms with Gasteiger partial charge in [-0.25, -0.2) is 83.9 Å². The highest BCUT2D eigenvalue weighted by Gasteiger charge is 2.52. The average molecular weight is 1570 g/mol. The number of ether oxygens (including phenoxy) is 13. The van der Waals surface area contributed by atoms with Crippen molar-refractivity contribution in [2.45, 2.75) is 248 Å². The van der Waals surface area contributed by atoms with Crippen LogP contribution in [0.2, 0.25) is 5.04 Å². The lowest BCUT2D eigenvalue weighted by atomic mass is 10.1. The number of benzene rings is 2. The Kier molecular flexibility index (Phi) is 32.2. The summed E-state index contributed by atoms with van der Waals surface area (Å²) < 4.78 is 126. The predicted molar refractivity (Wildman–Crippen MR) is 368 cm³/mol. The van der Waals surface area contributed by atoms with Gasteiger partial charge in [-0.2, -0.15) is 0 Å². The zero-order valence-electron chi connectivity index (χ0n) is 61.8. The molecule has 2 N–H and O–H groups in total. The second-order valence-electron chi connectivity index (χ2n) is 25.4. The van der Waals surface area contributed by atoms with Gasteiger partial charge >= 0.3 is 77.6 Å². The van der Waals surface area contributed by atoms with Gasteiger partial charge in [0.2, 0.25) is 0 Å². The first-order chi connectivity index (χ1) is 49.1. The van der Waals surface area contributed by atoms with Crippen LogP contribution in [0.4, 0.5) is 0 Å². The number of sulfonamides is 1. The molecule has 38 heteroatoms. The lowest BCUT2D eigenvalue weighted by molar-refractivity contribution is -0.190. The van der Waals surface area contributed by atoms with E-state index in [0.29, 0.717) is 17.9 Å². The fraction of sp³-hybridized carbons (Fsp3) is 0.559. The summed E-state index contributed by atoms with van der Waals surface area (Å²) in [5.41, 5.74) is 0.226. The number of sulfone groups is 1. The summed E-state index contributed by atoms with van der Waals surface area (Å²) in [5, 5.41) is 3.57. The van der Waals surface area contributed by atoms with Crippen molar-refractivity contribution < 1.29 is 150 Å². The third-order valence-corrected chi connectivity index (χ3v) is 26.5. The van der Waals surface area contributed by atoms with Gasteiger partial charge in [-0.1, -0.05) is 88.4 Å². The van der Waals surface area contributed by atoms with E-state index in [1.807, 2.05) is 81.4 Å². The lowest BCUT2D eigenvalue weighted by Crippen LogP contribution is -2.68. The van der Waals surface area contributed by atoms with Gasteiger partial charge in [0.25, 0.3) is 24.2 Å². The molecule has 0 radical (unpaired) electrons. The van der Waals surface area contributed by atoms with Crippen molar-refractivity contribution in [2.75, 3.05) is 6.54 Å². The molecule has 586 valence electrons. The Balaban J connectivity index is 1.14. The van der Waals surface area contributed by atoms with Crippen molar-refractivity contribution in [3.05, 3.63) is 72.3 Å². The third kappa shape index (κ3) is 23.9. The van der Waals surface area contributed by atoms with Gasteiger partial charge in [-0.3, -0.25) is 4.79 Å². The first-order valence-corrected chi connectivity index (χ1v) is 39.0. The molecule has 0 fully saturated rings. The van der Waals surface area contributed by atoms with Crippen LogP contribution in [0, 0.1) is 0 Å². The van der Waals surface area contributed by atoms with Gasteiger partial charge in [0.1, 0.15) is 14.5 Å². The van der Waals surface area contributed by atoms with E-state index < -0.39 is 218 Å². The smallest absolute Gasteiger partial charge is 0.347 e. The molecule has 1 amide bonds. The van der Waals surface area contributed by atoms with E-state index in [2.05, 4.69) is 5.32 Å². The van der Waals surface area contributed by atoms with E-state index >= 15 is 0 Å². The van der Waals surface area contributed by atoms with E-state index in [1.54, 1.807) is 11.6 Å². The Morgan fingerprint density at radius 1 is 0.434 bits per heavy atom. The Labute approximate surface area is 617 Å². The Morgan fingerprint density at radius 2 is 0.679 bits per heavy atom. The number of amides is 1. The van der Waals surface area contributed by atoms with Crippen molar-refractivity contribution in [3.8, 4) is 0 Å². The van der Waals surface area contributed by atoms with Crippen molar-refractivity contribution in [1.29, 1.82) is 0 Å². The number of hydrogen-bond donors (Lipinski definition) is 2. The fourth-order valence-electron chi connectivity index (χ4n) is 9.58. The molecule has 1 aliphatic rings. The molecule has 0 aliphatic carbocycles. The van der Waals surface area contributed by atoms with Crippen LogP contribution in [0.15, 0.2) is 75.1 Å². The topological polar surface area (TPSA) is 461 Å². The van der Waals surface area contributed by atoms with Crippen molar-refractivity contribution >= 4 is 133 Å². The second kappa shape index (κ2) is 38.3. The lowest BCUT2D eigenvalue weighted by Gasteiger charge is -2.44. The normalized spacial score (nSPS) is 18.1. The monoisotopic (exact) mass is 1570 g/mol. The second-order valence-corrected chi connectivity index (χ2v) is 35.2. The highest BCUT2D eigenvalue weighted by Crippen LogP contribution is 2.43. The number of nitrogens with one attached hydrogen (secondary N) is 2. The van der Waals surface area contributed by atoms with Gasteiger partial charge in [-0.15, -0.1) is 11.3 Å². The molecule has 106 heavy (non-hydrogen) atoms. The van der Waals surface area contributed by atoms with Crippen LogP contribution in [0.3, 0.4) is 0 Å². The summed E-state index contributed by atoms with van der Waals surface area (Å²) in [6, 6.07) is 19.6. The van der Waals surface area contributed by atoms with Crippen LogP contribution >= 0.6 is 11.3 Å². The van der Waals surface area contributed by atoms with E-state index in [4.69, 9.17) is 66.0 Å². The summed E-state index contributed by atoms with van der Waals surface area (Å²) in [6.45, 7) is 24.8. The van der Waals surface area contributed by atoms with Gasteiger partial charge in [0.15, 0.2) is 89.2 Å². The van der Waals surface area contributed by atoms with E-state index in [0.717, 1.165) is 99.5 Å². The maximum absolute atomic E-state index is 13.5. The maximum Gasteiger partial charge on any atom is 0.347 e. The van der Waals surface area contributed by atoms with Crippen LogP contribution in [0.25, 0.3) is 0 Å². The average Bonchev–Trinajstić information content (AvgIpc) is 1.52. The molecular formula is C68H90N2O32S3Si. The number of carbonyl (C=O) groups is 14. The van der Waals surface area contributed by atoms with Crippen molar-refractivity contribution in [2.24, 2.45) is 0 Å². The minimum Gasteiger partial charge on any atom is -0.450 e. The van der Waals surface area contributed by atoms with Crippen LogP contribution in [0.5, 0.6) is 0 Å². The summed E-state index contributed by atoms with van der Waals surface area (Å²) in [6.07, 6.45) is -23.7. The van der Waals surface area contributed by atoms with E-state index in [9.17, 15) is 84.0 Å². The number of rotatable bonds is 35. The number of fused-ring (bicyclic) bond motifs is 1. The molecule has 2 heterocycles. The standard InChI is InChI=1S/C68H90N2O32S3Si/c1-20-69-51-31-33(2)104(85,86)67-50(51)32-52(103-67)105(87,88)70-53(71)34(3)89-54(72)35(4)90-55(73)36(5)91-56(74)37(6)92-57(75)38(7)93-58(76)39(8)94-59(77)40(9)95-60(78)41(10)96-61(79)42(11)97-62(80)43(12)98-63(81)44(13)99-64(82)45(14)100-65(83)46(15)101-66(84)47(16)102-106(68(17,18)19,48-27-23-21-24-28-48)49-29-25-22-26-30-49/h21-30,32-47,51,69H,20,31H2,1-19H3,(H,70,71)/t33-,34-,35-,36-,37-,38-,39-,40-,41-,42-,43-,44-,45-,46-,47-,51-/m0/s1. The largest absolute Gasteiger partial charge is 0.450 e. The van der Waals surface area contributed by atoms with Crippen LogP contribution in [-0.4, -0.2) is 206 Å². The molecular weight excluding hydrogens is 1480 g/mol. The Hall–Kier alpha value is -9.24. The molecule has 0 bridgehead atoms. The molecule has 1 aromatic heterocycles. The molecule has 0 unspecified atom stereocenters. The number of esters is 13. The predicted octanol–water partition coefficient (Wildman–Crippen LogP) is 2.85. The number of carbonyl (C=O) groups excluding carboxylic acids is 14. The number of hydrogen-bond acceptors (Lipinski definition) is 34. The van der Waals surface area contributed by atoms with Gasteiger partial charge in [-0.05, 0) is 138 Å².